The molecule has 1 saturated heterocycles. The number of aliphatic carboxylic acids is 1. The topological polar surface area (TPSA) is 132 Å². The number of carboxylic acid groups (broad SMARTS) is 1. The number of carboxylic acids is 1. The monoisotopic (exact) mass is 309 g/mol. The molecule has 3 N–H and O–H groups in total. The number of nitrogens with zero attached hydrogens (tertiary/aromatic N) is 4. The van der Waals surface area contributed by atoms with Crippen molar-refractivity contribution in [3.05, 3.63) is 10.4 Å². The largest absolute Gasteiger partial charge is 0.480 e. The van der Waals surface area contributed by atoms with E-state index in [1.807, 2.05) is 0 Å². The number of rotatable bonds is 5. The van der Waals surface area contributed by atoms with E-state index in [1.165, 1.54) is 24.2 Å². The molecular weight excluding hydrogens is 286 g/mol. The van der Waals surface area contributed by atoms with Crippen molar-refractivity contribution in [2.45, 2.75) is 63.1 Å². The Labute approximate surface area is 129 Å². The molecule has 1 aliphatic carbocycles. The maximum absolute atomic E-state index is 12.5. The van der Waals surface area contributed by atoms with Crippen LogP contribution in [-0.2, 0) is 9.59 Å². The van der Waals surface area contributed by atoms with Gasteiger partial charge in [0, 0.05) is 11.5 Å². The van der Waals surface area contributed by atoms with Crippen molar-refractivity contribution in [1.29, 1.82) is 0 Å². The van der Waals surface area contributed by atoms with E-state index < -0.39 is 24.1 Å². The first-order valence-corrected chi connectivity index (χ1v) is 7.86. The van der Waals surface area contributed by atoms with Crippen molar-refractivity contribution in [3.63, 3.8) is 0 Å². The van der Waals surface area contributed by atoms with Gasteiger partial charge in [-0.1, -0.05) is 37.2 Å². The van der Waals surface area contributed by atoms with Crippen LogP contribution in [-0.4, -0.2) is 46.6 Å². The highest BCUT2D eigenvalue weighted by molar-refractivity contribution is 5.87. The molecule has 0 spiro atoms. The molecule has 0 aromatic carbocycles. The second-order valence-corrected chi connectivity index (χ2v) is 6.29. The van der Waals surface area contributed by atoms with Crippen LogP contribution in [0.4, 0.5) is 0 Å². The standard InChI is InChI=1S/C14H23N5O3/c15-11(6-9-4-2-1-3-5-9)13(20)19-8-10(17-18-16)7-12(19)14(21)22/h9-12H,1-8,15H2,(H,21,22)/t10-,11+,12-/m0/s1. The van der Waals surface area contributed by atoms with Gasteiger partial charge in [0.05, 0.1) is 12.1 Å². The molecule has 2 fully saturated rings. The van der Waals surface area contributed by atoms with Crippen LogP contribution in [0.15, 0.2) is 5.11 Å². The Hall–Kier alpha value is -1.79. The van der Waals surface area contributed by atoms with Gasteiger partial charge in [0.1, 0.15) is 6.04 Å². The molecule has 3 atom stereocenters. The van der Waals surface area contributed by atoms with E-state index >= 15 is 0 Å². The number of hydrogen-bond donors (Lipinski definition) is 2. The van der Waals surface area contributed by atoms with E-state index in [0.29, 0.717) is 12.3 Å². The van der Waals surface area contributed by atoms with Crippen molar-refractivity contribution >= 4 is 11.9 Å². The zero-order valence-electron chi connectivity index (χ0n) is 12.6. The molecule has 22 heavy (non-hydrogen) atoms. The zero-order chi connectivity index (χ0) is 16.1. The van der Waals surface area contributed by atoms with Crippen LogP contribution in [0.5, 0.6) is 0 Å². The minimum atomic E-state index is -1.08. The Morgan fingerprint density at radius 3 is 2.64 bits per heavy atom. The Bertz CT molecular complexity index is 471. The molecule has 0 aromatic heterocycles. The lowest BCUT2D eigenvalue weighted by Crippen LogP contribution is -2.49. The molecule has 122 valence electrons. The lowest BCUT2D eigenvalue weighted by molar-refractivity contribution is -0.148. The molecule has 0 unspecified atom stereocenters. The predicted molar refractivity (Wildman–Crippen MR) is 79.9 cm³/mol. The second kappa shape index (κ2) is 7.47. The Kier molecular flexibility index (Phi) is 5.63. The predicted octanol–water partition coefficient (Wildman–Crippen LogP) is 1.65. The first-order valence-electron chi connectivity index (χ1n) is 7.86. The first-order chi connectivity index (χ1) is 10.5. The first kappa shape index (κ1) is 16.6. The number of azide groups is 1. The van der Waals surface area contributed by atoms with Crippen LogP contribution < -0.4 is 5.73 Å². The van der Waals surface area contributed by atoms with Crippen LogP contribution in [0, 0.1) is 5.92 Å². The molecule has 0 aromatic rings. The van der Waals surface area contributed by atoms with Crippen molar-refractivity contribution in [3.8, 4) is 0 Å². The lowest BCUT2D eigenvalue weighted by Gasteiger charge is -2.28. The van der Waals surface area contributed by atoms with Gasteiger partial charge in [0.25, 0.3) is 0 Å². The van der Waals surface area contributed by atoms with Crippen LogP contribution in [0.2, 0.25) is 0 Å². The summed E-state index contributed by atoms with van der Waals surface area (Å²) in [6.45, 7) is 0.137. The Morgan fingerprint density at radius 2 is 2.05 bits per heavy atom. The molecule has 1 heterocycles. The summed E-state index contributed by atoms with van der Waals surface area (Å²) < 4.78 is 0. The van der Waals surface area contributed by atoms with Gasteiger partial charge in [0.2, 0.25) is 5.91 Å². The molecule has 2 rings (SSSR count). The maximum Gasteiger partial charge on any atom is 0.326 e. The number of carbonyl (C=O) groups is 2. The fraction of sp³-hybridized carbons (Fsp3) is 0.857. The van der Waals surface area contributed by atoms with E-state index in [2.05, 4.69) is 10.0 Å². The summed E-state index contributed by atoms with van der Waals surface area (Å²) in [6.07, 6.45) is 6.52. The Balaban J connectivity index is 1.99. The number of likely N-dealkylation sites (tertiary alicyclic amines) is 1. The van der Waals surface area contributed by atoms with E-state index in [1.54, 1.807) is 0 Å². The van der Waals surface area contributed by atoms with E-state index in [-0.39, 0.29) is 18.9 Å². The van der Waals surface area contributed by atoms with Crippen LogP contribution in [0.1, 0.15) is 44.9 Å². The third-order valence-corrected chi connectivity index (χ3v) is 4.69. The van der Waals surface area contributed by atoms with Gasteiger partial charge in [-0.15, -0.1) is 0 Å². The van der Waals surface area contributed by atoms with Crippen LogP contribution >= 0.6 is 0 Å². The van der Waals surface area contributed by atoms with Crippen molar-refractivity contribution < 1.29 is 14.7 Å². The van der Waals surface area contributed by atoms with E-state index in [4.69, 9.17) is 11.3 Å². The fourth-order valence-corrected chi connectivity index (χ4v) is 3.54. The highest BCUT2D eigenvalue weighted by Crippen LogP contribution is 2.28. The SMILES string of the molecule is [N-]=[N+]=N[C@H]1C[C@@H](C(=O)O)N(C(=O)[C@H](N)CC2CCCCC2)C1. The van der Waals surface area contributed by atoms with Crippen molar-refractivity contribution in [2.75, 3.05) is 6.54 Å². The third kappa shape index (κ3) is 3.90. The number of nitrogens with two attached hydrogens (primary N) is 1. The number of hydrogen-bond acceptors (Lipinski definition) is 4. The number of carbonyl (C=O) groups excluding carboxylic acids is 1. The van der Waals surface area contributed by atoms with Gasteiger partial charge in [-0.3, -0.25) is 4.79 Å². The highest BCUT2D eigenvalue weighted by atomic mass is 16.4. The lowest BCUT2D eigenvalue weighted by atomic mass is 9.84. The highest BCUT2D eigenvalue weighted by Gasteiger charge is 2.41. The fourth-order valence-electron chi connectivity index (χ4n) is 3.54. The minimum Gasteiger partial charge on any atom is -0.480 e. The van der Waals surface area contributed by atoms with Gasteiger partial charge < -0.3 is 15.7 Å². The summed E-state index contributed by atoms with van der Waals surface area (Å²) in [4.78, 5) is 27.8. The molecule has 8 heteroatoms. The molecule has 1 saturated carbocycles. The molecule has 1 aliphatic heterocycles. The summed E-state index contributed by atoms with van der Waals surface area (Å²) in [5.74, 6) is -0.964. The van der Waals surface area contributed by atoms with Gasteiger partial charge in [-0.25, -0.2) is 4.79 Å². The molecule has 2 aliphatic rings. The third-order valence-electron chi connectivity index (χ3n) is 4.69. The van der Waals surface area contributed by atoms with Crippen LogP contribution in [0.3, 0.4) is 0 Å². The molecule has 0 radical (unpaired) electrons. The van der Waals surface area contributed by atoms with E-state index in [9.17, 15) is 14.7 Å². The van der Waals surface area contributed by atoms with E-state index in [0.717, 1.165) is 12.8 Å². The normalized spacial score (nSPS) is 27.2. The summed E-state index contributed by atoms with van der Waals surface area (Å²) in [7, 11) is 0. The van der Waals surface area contributed by atoms with Gasteiger partial charge in [-0.05, 0) is 24.3 Å². The summed E-state index contributed by atoms with van der Waals surface area (Å²) >= 11 is 0. The summed E-state index contributed by atoms with van der Waals surface area (Å²) in [5.41, 5.74) is 14.5. The molecule has 0 bridgehead atoms. The van der Waals surface area contributed by atoms with Crippen molar-refractivity contribution in [1.82, 2.24) is 4.90 Å². The van der Waals surface area contributed by atoms with Gasteiger partial charge in [0.15, 0.2) is 0 Å². The zero-order valence-corrected chi connectivity index (χ0v) is 12.6. The van der Waals surface area contributed by atoms with Gasteiger partial charge in [-0.2, -0.15) is 0 Å². The van der Waals surface area contributed by atoms with Crippen molar-refractivity contribution in [2.24, 2.45) is 16.8 Å². The molecule has 8 nitrogen and oxygen atoms in total. The molecule has 1 amide bonds. The molecular formula is C14H23N5O3. The number of amides is 1. The van der Waals surface area contributed by atoms with Gasteiger partial charge >= 0.3 is 5.97 Å². The second-order valence-electron chi connectivity index (χ2n) is 6.29. The summed E-state index contributed by atoms with van der Waals surface area (Å²) in [5, 5.41) is 12.8. The Morgan fingerprint density at radius 1 is 1.36 bits per heavy atom. The smallest absolute Gasteiger partial charge is 0.326 e. The van der Waals surface area contributed by atoms with Crippen LogP contribution in [0.25, 0.3) is 10.4 Å². The quantitative estimate of drug-likeness (QED) is 0.453. The minimum absolute atomic E-state index is 0.137. The average Bonchev–Trinajstić information content (AvgIpc) is 2.92. The summed E-state index contributed by atoms with van der Waals surface area (Å²) in [6, 6.07) is -2.10. The average molecular weight is 309 g/mol. The maximum atomic E-state index is 12.5.